The van der Waals surface area contributed by atoms with E-state index in [0.29, 0.717) is 23.4 Å². The van der Waals surface area contributed by atoms with Crippen LogP contribution in [0.5, 0.6) is 5.75 Å². The number of anilines is 1. The summed E-state index contributed by atoms with van der Waals surface area (Å²) in [6, 6.07) is 25.5. The van der Waals surface area contributed by atoms with E-state index in [-0.39, 0.29) is 23.9 Å². The molecule has 1 aliphatic carbocycles. The number of aryl methyl sites for hydroxylation is 1. The fourth-order valence-electron chi connectivity index (χ4n) is 6.00. The number of nitrogens with one attached hydrogen (secondary N) is 1. The Morgan fingerprint density at radius 3 is 2.48 bits per heavy atom. The maximum atomic E-state index is 14.0. The van der Waals surface area contributed by atoms with Gasteiger partial charge in [-0.1, -0.05) is 42.5 Å². The molecule has 3 aromatic carbocycles. The largest absolute Gasteiger partial charge is 0.508 e. The molecule has 1 amide bonds. The standard InChI is InChI=1S/C33H36N6O3/c1-23-34-35-32(42-23)25-10-6-12-29(20-25)38-19-18-31(36-38)39(33(41)26-11-7-13-30(40)21-26)28-16-14-27(15-17-28)37(2)22-24-8-4-3-5-9-24/h3-13,18-21,27-28,31,36,40H,14-17,22H2,1-2H3. The highest BCUT2D eigenvalue weighted by atomic mass is 16.4. The van der Waals surface area contributed by atoms with Crippen LogP contribution in [-0.2, 0) is 6.54 Å². The molecule has 2 N–H and O–H groups in total. The molecule has 9 nitrogen and oxygen atoms in total. The van der Waals surface area contributed by atoms with Gasteiger partial charge in [0.25, 0.3) is 5.91 Å². The van der Waals surface area contributed by atoms with Crippen molar-refractivity contribution in [1.82, 2.24) is 25.4 Å². The molecule has 1 aromatic heterocycles. The molecule has 1 fully saturated rings. The van der Waals surface area contributed by atoms with Gasteiger partial charge in [0, 0.05) is 42.9 Å². The smallest absolute Gasteiger partial charge is 0.255 e. The SMILES string of the molecule is Cc1nnc(-c2cccc(N3C=CC(N(C(=O)c4cccc(O)c4)C4CCC(N(C)Cc5ccccc5)CC4)N3)c2)o1. The van der Waals surface area contributed by atoms with Crippen LogP contribution in [0.4, 0.5) is 5.69 Å². The number of benzene rings is 3. The highest BCUT2D eigenvalue weighted by Gasteiger charge is 2.36. The lowest BCUT2D eigenvalue weighted by Crippen LogP contribution is -2.55. The summed E-state index contributed by atoms with van der Waals surface area (Å²) in [5.41, 5.74) is 6.99. The van der Waals surface area contributed by atoms with Crippen molar-refractivity contribution in [2.45, 2.75) is 57.4 Å². The fraction of sp³-hybridized carbons (Fsp3) is 0.303. The molecule has 1 saturated carbocycles. The van der Waals surface area contributed by atoms with Gasteiger partial charge >= 0.3 is 0 Å². The molecule has 1 atom stereocenters. The van der Waals surface area contributed by atoms with Crippen molar-refractivity contribution in [1.29, 1.82) is 0 Å². The van der Waals surface area contributed by atoms with E-state index in [1.807, 2.05) is 52.5 Å². The Bertz CT molecular complexity index is 1550. The Hall–Kier alpha value is -4.47. The minimum atomic E-state index is -0.349. The number of hydrogen-bond donors (Lipinski definition) is 2. The van der Waals surface area contributed by atoms with E-state index in [2.05, 4.69) is 51.8 Å². The van der Waals surface area contributed by atoms with Crippen molar-refractivity contribution < 1.29 is 14.3 Å². The van der Waals surface area contributed by atoms with Crippen LogP contribution < -0.4 is 10.4 Å². The summed E-state index contributed by atoms with van der Waals surface area (Å²) in [7, 11) is 2.19. The Labute approximate surface area is 246 Å². The topological polar surface area (TPSA) is 98.0 Å². The van der Waals surface area contributed by atoms with E-state index < -0.39 is 0 Å². The van der Waals surface area contributed by atoms with Gasteiger partial charge in [0.05, 0.1) is 5.69 Å². The van der Waals surface area contributed by atoms with Crippen LogP contribution in [-0.4, -0.2) is 56.3 Å². The van der Waals surface area contributed by atoms with Crippen LogP contribution >= 0.6 is 0 Å². The highest BCUT2D eigenvalue weighted by Crippen LogP contribution is 2.31. The molecule has 2 heterocycles. The number of carbonyl (C=O) groups is 1. The summed E-state index contributed by atoms with van der Waals surface area (Å²) < 4.78 is 5.62. The van der Waals surface area contributed by atoms with Gasteiger partial charge in [-0.05, 0) is 80.8 Å². The molecule has 0 bridgehead atoms. The zero-order chi connectivity index (χ0) is 29.1. The van der Waals surface area contributed by atoms with Crippen LogP contribution in [0, 0.1) is 6.92 Å². The van der Waals surface area contributed by atoms with E-state index in [1.165, 1.54) is 5.56 Å². The Morgan fingerprint density at radius 2 is 1.74 bits per heavy atom. The van der Waals surface area contributed by atoms with Gasteiger partial charge in [0.15, 0.2) is 0 Å². The molecular formula is C33H36N6O3. The molecule has 0 radical (unpaired) electrons. The summed E-state index contributed by atoms with van der Waals surface area (Å²) in [5.74, 6) is 0.947. The number of hydrazine groups is 1. The summed E-state index contributed by atoms with van der Waals surface area (Å²) in [4.78, 5) is 18.4. The second-order valence-corrected chi connectivity index (χ2v) is 11.1. The zero-order valence-electron chi connectivity index (χ0n) is 23.9. The third-order valence-electron chi connectivity index (χ3n) is 8.17. The lowest BCUT2D eigenvalue weighted by Gasteiger charge is -2.42. The summed E-state index contributed by atoms with van der Waals surface area (Å²) >= 11 is 0. The lowest BCUT2D eigenvalue weighted by molar-refractivity contribution is 0.0469. The van der Waals surface area contributed by atoms with Crippen LogP contribution in [0.2, 0.25) is 0 Å². The zero-order valence-corrected chi connectivity index (χ0v) is 23.9. The molecule has 0 spiro atoms. The summed E-state index contributed by atoms with van der Waals surface area (Å²) in [6.07, 6.45) is 7.41. The van der Waals surface area contributed by atoms with Crippen molar-refractivity contribution in [2.24, 2.45) is 0 Å². The number of hydrogen-bond acceptors (Lipinski definition) is 8. The van der Waals surface area contributed by atoms with Crippen LogP contribution in [0.1, 0.15) is 47.5 Å². The lowest BCUT2D eigenvalue weighted by atomic mass is 9.88. The van der Waals surface area contributed by atoms with Crippen LogP contribution in [0.15, 0.2) is 95.6 Å². The number of phenols is 1. The predicted octanol–water partition coefficient (Wildman–Crippen LogP) is 5.50. The van der Waals surface area contributed by atoms with Gasteiger partial charge in [0.2, 0.25) is 11.8 Å². The molecule has 1 aliphatic heterocycles. The first-order valence-electron chi connectivity index (χ1n) is 14.4. The average molecular weight is 565 g/mol. The van der Waals surface area contributed by atoms with E-state index in [4.69, 9.17) is 4.42 Å². The molecule has 216 valence electrons. The fourth-order valence-corrected chi connectivity index (χ4v) is 6.00. The van der Waals surface area contributed by atoms with Crippen molar-refractivity contribution in [2.75, 3.05) is 12.1 Å². The Balaban J connectivity index is 1.19. The molecule has 2 aliphatic rings. The summed E-state index contributed by atoms with van der Waals surface area (Å²) in [6.45, 7) is 2.68. The third-order valence-corrected chi connectivity index (χ3v) is 8.17. The van der Waals surface area contributed by atoms with Crippen molar-refractivity contribution >= 4 is 11.6 Å². The first kappa shape index (κ1) is 27.7. The second-order valence-electron chi connectivity index (χ2n) is 11.1. The molecular weight excluding hydrogens is 528 g/mol. The first-order valence-corrected chi connectivity index (χ1v) is 14.4. The maximum absolute atomic E-state index is 14.0. The molecule has 9 heteroatoms. The summed E-state index contributed by atoms with van der Waals surface area (Å²) in [5, 5.41) is 20.1. The quantitative estimate of drug-likeness (QED) is 0.290. The number of aromatic hydroxyl groups is 1. The Kier molecular flexibility index (Phi) is 8.03. The molecule has 1 unspecified atom stereocenters. The Morgan fingerprint density at radius 1 is 0.976 bits per heavy atom. The third kappa shape index (κ3) is 6.07. The minimum absolute atomic E-state index is 0.0519. The van der Waals surface area contributed by atoms with Gasteiger partial charge < -0.3 is 14.4 Å². The minimum Gasteiger partial charge on any atom is -0.508 e. The van der Waals surface area contributed by atoms with Gasteiger partial charge in [-0.25, -0.2) is 5.43 Å². The van der Waals surface area contributed by atoms with E-state index >= 15 is 0 Å². The second kappa shape index (κ2) is 12.2. The number of rotatable bonds is 8. The van der Waals surface area contributed by atoms with E-state index in [0.717, 1.165) is 43.5 Å². The van der Waals surface area contributed by atoms with Gasteiger partial charge in [-0.15, -0.1) is 10.2 Å². The van der Waals surface area contributed by atoms with Crippen molar-refractivity contribution in [3.8, 4) is 17.2 Å². The molecule has 4 aromatic rings. The molecule has 0 saturated heterocycles. The number of carbonyl (C=O) groups excluding carboxylic acids is 1. The number of amides is 1. The highest BCUT2D eigenvalue weighted by molar-refractivity contribution is 5.95. The van der Waals surface area contributed by atoms with Gasteiger partial charge in [-0.2, -0.15) is 0 Å². The van der Waals surface area contributed by atoms with Crippen LogP contribution in [0.3, 0.4) is 0 Å². The predicted molar refractivity (Wildman–Crippen MR) is 161 cm³/mol. The van der Waals surface area contributed by atoms with Gasteiger partial charge in [-0.3, -0.25) is 14.7 Å². The van der Waals surface area contributed by atoms with Crippen molar-refractivity contribution in [3.63, 3.8) is 0 Å². The first-order chi connectivity index (χ1) is 20.4. The van der Waals surface area contributed by atoms with E-state index in [9.17, 15) is 9.90 Å². The van der Waals surface area contributed by atoms with Crippen LogP contribution in [0.25, 0.3) is 11.5 Å². The average Bonchev–Trinajstić information content (AvgIpc) is 3.68. The molecule has 6 rings (SSSR count). The maximum Gasteiger partial charge on any atom is 0.255 e. The van der Waals surface area contributed by atoms with Crippen molar-refractivity contribution in [3.05, 3.63) is 108 Å². The number of phenolic OH excluding ortho intramolecular Hbond substituents is 1. The van der Waals surface area contributed by atoms with Gasteiger partial charge in [0.1, 0.15) is 11.9 Å². The number of nitrogens with zero attached hydrogens (tertiary/aromatic N) is 5. The van der Waals surface area contributed by atoms with E-state index in [1.54, 1.807) is 31.2 Å². The molecule has 42 heavy (non-hydrogen) atoms. The monoisotopic (exact) mass is 564 g/mol. The number of aromatic nitrogens is 2. The normalized spacial score (nSPS) is 20.3.